The summed E-state index contributed by atoms with van der Waals surface area (Å²) < 4.78 is 26.4. The summed E-state index contributed by atoms with van der Waals surface area (Å²) in [6, 6.07) is 0. The molecule has 0 aromatic carbocycles. The van der Waals surface area contributed by atoms with E-state index < -0.39 is 14.8 Å². The Bertz CT molecular complexity index is 412. The molecule has 0 aliphatic heterocycles. The second kappa shape index (κ2) is 5.96. The second-order valence-corrected chi connectivity index (χ2v) is 9.54. The third-order valence-corrected chi connectivity index (χ3v) is 5.81. The maximum atomic E-state index is 12.1. The number of nitrogens with one attached hydrogen (secondary N) is 1. The van der Waals surface area contributed by atoms with E-state index in [-0.39, 0.29) is 5.54 Å². The van der Waals surface area contributed by atoms with Crippen molar-refractivity contribution in [3.05, 3.63) is 12.2 Å². The Hall–Kier alpha value is -0.350. The number of hydrogen-bond acceptors (Lipinski definition) is 2. The molecule has 1 N–H and O–H groups in total. The van der Waals surface area contributed by atoms with Gasteiger partial charge in [-0.15, -0.1) is 0 Å². The Morgan fingerprint density at radius 2 is 1.84 bits per heavy atom. The summed E-state index contributed by atoms with van der Waals surface area (Å²) in [4.78, 5) is 0. The zero-order chi connectivity index (χ0) is 14.7. The lowest BCUT2D eigenvalue weighted by Gasteiger charge is -2.23. The summed E-state index contributed by atoms with van der Waals surface area (Å²) in [6.07, 6.45) is 9.49. The highest BCUT2D eigenvalue weighted by Gasteiger charge is 2.46. The van der Waals surface area contributed by atoms with Crippen LogP contribution in [0.25, 0.3) is 0 Å². The fourth-order valence-electron chi connectivity index (χ4n) is 1.81. The predicted molar refractivity (Wildman–Crippen MR) is 81.6 cm³/mol. The van der Waals surface area contributed by atoms with Crippen molar-refractivity contribution in [2.45, 2.75) is 77.0 Å². The van der Waals surface area contributed by atoms with Gasteiger partial charge >= 0.3 is 0 Å². The molecular formula is C15H29NO2S. The van der Waals surface area contributed by atoms with Crippen LogP contribution in [0, 0.1) is 5.92 Å². The summed E-state index contributed by atoms with van der Waals surface area (Å²) in [5, 5.41) is 0. The van der Waals surface area contributed by atoms with E-state index >= 15 is 0 Å². The molecule has 0 aromatic rings. The third-order valence-electron chi connectivity index (χ3n) is 3.52. The van der Waals surface area contributed by atoms with Gasteiger partial charge in [-0.2, -0.15) is 0 Å². The van der Waals surface area contributed by atoms with Gasteiger partial charge in [0.05, 0.1) is 10.3 Å². The molecule has 1 aliphatic rings. The standard InChI is InChI=1S/C15H29NO2S/c1-13(2)9-7-6-8-10-15(11-12-15)16-19(17,18)14(3,4)5/h8,10,13,16H,6-7,9,11-12H2,1-5H3/b10-8+. The lowest BCUT2D eigenvalue weighted by atomic mass is 10.1. The Morgan fingerprint density at radius 1 is 1.26 bits per heavy atom. The van der Waals surface area contributed by atoms with Crippen molar-refractivity contribution in [3.8, 4) is 0 Å². The molecule has 0 unspecified atom stereocenters. The van der Waals surface area contributed by atoms with Crippen LogP contribution >= 0.6 is 0 Å². The largest absolute Gasteiger partial charge is 0.217 e. The van der Waals surface area contributed by atoms with Crippen LogP contribution in [-0.2, 0) is 10.0 Å². The summed E-state index contributed by atoms with van der Waals surface area (Å²) >= 11 is 0. The van der Waals surface area contributed by atoms with E-state index in [1.807, 2.05) is 0 Å². The number of sulfonamides is 1. The molecule has 0 bridgehead atoms. The topological polar surface area (TPSA) is 46.2 Å². The van der Waals surface area contributed by atoms with Crippen LogP contribution in [-0.4, -0.2) is 18.7 Å². The molecule has 1 aliphatic carbocycles. The monoisotopic (exact) mass is 287 g/mol. The molecular weight excluding hydrogens is 258 g/mol. The molecule has 0 aromatic heterocycles. The van der Waals surface area contributed by atoms with Gasteiger partial charge in [0.15, 0.2) is 0 Å². The van der Waals surface area contributed by atoms with Crippen LogP contribution in [0.4, 0.5) is 0 Å². The summed E-state index contributed by atoms with van der Waals surface area (Å²) in [5.74, 6) is 0.739. The number of rotatable bonds is 7. The predicted octanol–water partition coefficient (Wildman–Crippen LogP) is 3.62. The normalized spacial score (nSPS) is 19.3. The van der Waals surface area contributed by atoms with Crippen LogP contribution in [0.2, 0.25) is 0 Å². The van der Waals surface area contributed by atoms with Crippen LogP contribution < -0.4 is 4.72 Å². The molecule has 1 fully saturated rings. The van der Waals surface area contributed by atoms with Crippen molar-refractivity contribution in [1.29, 1.82) is 0 Å². The maximum Gasteiger partial charge on any atom is 0.217 e. The minimum Gasteiger partial charge on any atom is -0.212 e. The van der Waals surface area contributed by atoms with Gasteiger partial charge in [0.25, 0.3) is 0 Å². The Labute approximate surface area is 118 Å². The van der Waals surface area contributed by atoms with Crippen molar-refractivity contribution < 1.29 is 8.42 Å². The van der Waals surface area contributed by atoms with Crippen molar-refractivity contribution in [2.24, 2.45) is 5.92 Å². The van der Waals surface area contributed by atoms with Crippen LogP contribution in [0.5, 0.6) is 0 Å². The first kappa shape index (κ1) is 16.7. The SMILES string of the molecule is CC(C)CCC/C=C/C1(NS(=O)(=O)C(C)(C)C)CC1. The molecule has 0 radical (unpaired) electrons. The zero-order valence-corrected chi connectivity index (χ0v) is 13.8. The average molecular weight is 287 g/mol. The lowest BCUT2D eigenvalue weighted by molar-refractivity contribution is 0.533. The highest BCUT2D eigenvalue weighted by molar-refractivity contribution is 7.90. The van der Waals surface area contributed by atoms with Crippen LogP contribution in [0.15, 0.2) is 12.2 Å². The first-order valence-corrected chi connectivity index (χ1v) is 8.78. The molecule has 4 heteroatoms. The Kier molecular flexibility index (Phi) is 5.24. The molecule has 3 nitrogen and oxygen atoms in total. The van der Waals surface area contributed by atoms with E-state index in [0.717, 1.165) is 25.2 Å². The molecule has 112 valence electrons. The third kappa shape index (κ3) is 5.27. The molecule has 0 amide bonds. The second-order valence-electron chi connectivity index (χ2n) is 7.10. The van der Waals surface area contributed by atoms with Gasteiger partial charge in [0.2, 0.25) is 10.0 Å². The van der Waals surface area contributed by atoms with E-state index in [1.54, 1.807) is 20.8 Å². The van der Waals surface area contributed by atoms with Crippen molar-refractivity contribution in [1.82, 2.24) is 4.72 Å². The quantitative estimate of drug-likeness (QED) is 0.574. The molecule has 0 spiro atoms. The van der Waals surface area contributed by atoms with E-state index in [4.69, 9.17) is 0 Å². The van der Waals surface area contributed by atoms with E-state index in [9.17, 15) is 8.42 Å². The van der Waals surface area contributed by atoms with Gasteiger partial charge in [0.1, 0.15) is 0 Å². The van der Waals surface area contributed by atoms with E-state index in [2.05, 4.69) is 30.7 Å². The summed E-state index contributed by atoms with van der Waals surface area (Å²) in [6.45, 7) is 9.65. The first-order chi connectivity index (χ1) is 8.58. The number of hydrogen-bond donors (Lipinski definition) is 1. The van der Waals surface area contributed by atoms with Gasteiger partial charge in [-0.05, 0) is 52.4 Å². The highest BCUT2D eigenvalue weighted by atomic mass is 32.2. The smallest absolute Gasteiger partial charge is 0.212 e. The van der Waals surface area contributed by atoms with E-state index in [0.29, 0.717) is 0 Å². The summed E-state index contributed by atoms with van der Waals surface area (Å²) in [5.41, 5.74) is -0.288. The molecule has 0 heterocycles. The van der Waals surface area contributed by atoms with E-state index in [1.165, 1.54) is 12.8 Å². The van der Waals surface area contributed by atoms with Gasteiger partial charge < -0.3 is 0 Å². The minimum atomic E-state index is -3.25. The number of unbranched alkanes of at least 4 members (excludes halogenated alkanes) is 1. The summed E-state index contributed by atoms with van der Waals surface area (Å²) in [7, 11) is -3.25. The van der Waals surface area contributed by atoms with Crippen LogP contribution in [0.1, 0.15) is 66.7 Å². The Morgan fingerprint density at radius 3 is 2.26 bits per heavy atom. The fraction of sp³-hybridized carbons (Fsp3) is 0.867. The Balaban J connectivity index is 2.48. The highest BCUT2D eigenvalue weighted by Crippen LogP contribution is 2.39. The molecule has 19 heavy (non-hydrogen) atoms. The van der Waals surface area contributed by atoms with Crippen molar-refractivity contribution in [2.75, 3.05) is 0 Å². The average Bonchev–Trinajstić information content (AvgIpc) is 2.94. The van der Waals surface area contributed by atoms with Gasteiger partial charge in [-0.25, -0.2) is 13.1 Å². The maximum absolute atomic E-state index is 12.1. The molecule has 0 saturated heterocycles. The number of allylic oxidation sites excluding steroid dienone is 1. The lowest BCUT2D eigenvalue weighted by Crippen LogP contribution is -2.45. The zero-order valence-electron chi connectivity index (χ0n) is 13.0. The molecule has 1 rings (SSSR count). The van der Waals surface area contributed by atoms with Gasteiger partial charge in [-0.1, -0.05) is 32.4 Å². The molecule has 1 saturated carbocycles. The van der Waals surface area contributed by atoms with Crippen molar-refractivity contribution >= 4 is 10.0 Å². The van der Waals surface area contributed by atoms with Crippen molar-refractivity contribution in [3.63, 3.8) is 0 Å². The fourth-order valence-corrected chi connectivity index (χ4v) is 2.92. The minimum absolute atomic E-state index is 0.288. The van der Waals surface area contributed by atoms with Crippen LogP contribution in [0.3, 0.4) is 0 Å². The molecule has 0 atom stereocenters. The first-order valence-electron chi connectivity index (χ1n) is 7.29. The van der Waals surface area contributed by atoms with Gasteiger partial charge in [-0.3, -0.25) is 0 Å². The van der Waals surface area contributed by atoms with Gasteiger partial charge in [0, 0.05) is 0 Å².